The molecular weight excluding hydrogens is 475 g/mol. The van der Waals surface area contributed by atoms with Crippen LogP contribution in [-0.4, -0.2) is 63.0 Å². The molecule has 1 aliphatic heterocycles. The normalized spacial score (nSPS) is 14.5. The van der Waals surface area contributed by atoms with Crippen molar-refractivity contribution in [1.29, 1.82) is 0 Å². The minimum absolute atomic E-state index is 0. The highest BCUT2D eigenvalue weighted by atomic mass is 127. The lowest BCUT2D eigenvalue weighted by Gasteiger charge is -2.40. The number of likely N-dealkylation sites (tertiary alicyclic amines) is 1. The standard InChI is InChI=1S/C19H30N4O4.HI/c1-19(2,3)27-18(24)23-11-14(12-23)22-17(20-4)21-10-13-7-8-15(25-5)16(9-13)26-6;/h7-9,14H,10-12H2,1-6H3,(H2,20,21,22);1H. The van der Waals surface area contributed by atoms with Gasteiger partial charge in [0.2, 0.25) is 0 Å². The third-order valence-electron chi connectivity index (χ3n) is 4.01. The van der Waals surface area contributed by atoms with Crippen molar-refractivity contribution in [2.24, 2.45) is 4.99 Å². The van der Waals surface area contributed by atoms with E-state index in [0.717, 1.165) is 5.56 Å². The molecule has 0 spiro atoms. The highest BCUT2D eigenvalue weighted by Gasteiger charge is 2.34. The summed E-state index contributed by atoms with van der Waals surface area (Å²) < 4.78 is 15.9. The zero-order valence-electron chi connectivity index (χ0n) is 17.4. The number of hydrogen-bond donors (Lipinski definition) is 2. The molecule has 1 fully saturated rings. The molecule has 1 amide bonds. The fourth-order valence-corrected chi connectivity index (χ4v) is 2.61. The largest absolute Gasteiger partial charge is 0.493 e. The first kappa shape index (κ1) is 24.1. The average Bonchev–Trinajstić information content (AvgIpc) is 2.58. The molecule has 0 unspecified atom stereocenters. The van der Waals surface area contributed by atoms with Gasteiger partial charge >= 0.3 is 6.09 Å². The first-order valence-electron chi connectivity index (χ1n) is 8.91. The van der Waals surface area contributed by atoms with Crippen molar-refractivity contribution >= 4 is 36.0 Å². The number of carbonyl (C=O) groups is 1. The van der Waals surface area contributed by atoms with Gasteiger partial charge in [0.15, 0.2) is 17.5 Å². The summed E-state index contributed by atoms with van der Waals surface area (Å²) in [5.41, 5.74) is 0.562. The molecule has 0 aromatic heterocycles. The average molecular weight is 506 g/mol. The number of amides is 1. The number of nitrogens with one attached hydrogen (secondary N) is 2. The maximum Gasteiger partial charge on any atom is 0.410 e. The molecule has 158 valence electrons. The van der Waals surface area contributed by atoms with Crippen LogP contribution in [0.4, 0.5) is 4.79 Å². The van der Waals surface area contributed by atoms with Gasteiger partial charge in [0.1, 0.15) is 5.60 Å². The van der Waals surface area contributed by atoms with Crippen LogP contribution in [0.15, 0.2) is 23.2 Å². The Balaban J connectivity index is 0.00000392. The van der Waals surface area contributed by atoms with Gasteiger partial charge in [-0.25, -0.2) is 4.79 Å². The van der Waals surface area contributed by atoms with Crippen LogP contribution in [0, 0.1) is 0 Å². The van der Waals surface area contributed by atoms with E-state index in [9.17, 15) is 4.79 Å². The van der Waals surface area contributed by atoms with Crippen LogP contribution in [0.1, 0.15) is 26.3 Å². The molecule has 1 aliphatic rings. The molecular formula is C19H31IN4O4. The van der Waals surface area contributed by atoms with Gasteiger partial charge in [0.25, 0.3) is 0 Å². The van der Waals surface area contributed by atoms with Crippen molar-refractivity contribution in [1.82, 2.24) is 15.5 Å². The molecule has 0 radical (unpaired) electrons. The Labute approximate surface area is 184 Å². The van der Waals surface area contributed by atoms with E-state index in [-0.39, 0.29) is 36.1 Å². The van der Waals surface area contributed by atoms with E-state index in [1.54, 1.807) is 26.2 Å². The zero-order valence-corrected chi connectivity index (χ0v) is 19.7. The van der Waals surface area contributed by atoms with E-state index < -0.39 is 5.60 Å². The van der Waals surface area contributed by atoms with Crippen LogP contribution in [0.3, 0.4) is 0 Å². The molecule has 0 saturated carbocycles. The van der Waals surface area contributed by atoms with Crippen LogP contribution < -0.4 is 20.1 Å². The van der Waals surface area contributed by atoms with Crippen molar-refractivity contribution in [2.45, 2.75) is 39.0 Å². The Bertz CT molecular complexity index is 685. The van der Waals surface area contributed by atoms with Crippen LogP contribution in [0.2, 0.25) is 0 Å². The molecule has 2 N–H and O–H groups in total. The second kappa shape index (κ2) is 10.6. The highest BCUT2D eigenvalue weighted by molar-refractivity contribution is 14.0. The van der Waals surface area contributed by atoms with Gasteiger partial charge in [0.05, 0.1) is 20.3 Å². The summed E-state index contributed by atoms with van der Waals surface area (Å²) in [5.74, 6) is 2.06. The lowest BCUT2D eigenvalue weighted by Crippen LogP contribution is -2.63. The smallest absolute Gasteiger partial charge is 0.410 e. The van der Waals surface area contributed by atoms with Gasteiger partial charge in [0, 0.05) is 26.7 Å². The van der Waals surface area contributed by atoms with Crippen molar-refractivity contribution < 1.29 is 19.0 Å². The predicted octanol–water partition coefficient (Wildman–Crippen LogP) is 2.61. The molecule has 0 aliphatic carbocycles. The zero-order chi connectivity index (χ0) is 20.0. The Morgan fingerprint density at radius 1 is 1.21 bits per heavy atom. The second-order valence-corrected chi connectivity index (χ2v) is 7.34. The first-order valence-corrected chi connectivity index (χ1v) is 8.91. The number of nitrogens with zero attached hydrogens (tertiary/aromatic N) is 2. The van der Waals surface area contributed by atoms with Gasteiger partial charge in [-0.3, -0.25) is 4.99 Å². The van der Waals surface area contributed by atoms with Crippen LogP contribution in [0.25, 0.3) is 0 Å². The number of halogens is 1. The molecule has 9 heteroatoms. The molecule has 1 aromatic rings. The number of hydrogen-bond acceptors (Lipinski definition) is 5. The molecule has 1 saturated heterocycles. The SMILES string of the molecule is CN=C(NCc1ccc(OC)c(OC)c1)NC1CN(C(=O)OC(C)(C)C)C1.I. The topological polar surface area (TPSA) is 84.4 Å². The Morgan fingerprint density at radius 3 is 2.39 bits per heavy atom. The maximum absolute atomic E-state index is 12.0. The summed E-state index contributed by atoms with van der Waals surface area (Å²) in [4.78, 5) is 17.9. The van der Waals surface area contributed by atoms with Crippen LogP contribution in [0.5, 0.6) is 11.5 Å². The lowest BCUT2D eigenvalue weighted by molar-refractivity contribution is 0.00701. The van der Waals surface area contributed by atoms with E-state index in [1.165, 1.54) is 0 Å². The van der Waals surface area contributed by atoms with Gasteiger partial charge in [-0.2, -0.15) is 0 Å². The Kier molecular flexibility index (Phi) is 9.12. The highest BCUT2D eigenvalue weighted by Crippen LogP contribution is 2.27. The molecule has 2 rings (SSSR count). The molecule has 1 aromatic carbocycles. The third-order valence-corrected chi connectivity index (χ3v) is 4.01. The third kappa shape index (κ3) is 6.92. The number of aliphatic imine (C=N–C) groups is 1. The van der Waals surface area contributed by atoms with Crippen LogP contribution >= 0.6 is 24.0 Å². The van der Waals surface area contributed by atoms with Gasteiger partial charge in [-0.1, -0.05) is 6.07 Å². The quantitative estimate of drug-likeness (QED) is 0.363. The summed E-state index contributed by atoms with van der Waals surface area (Å²) >= 11 is 0. The van der Waals surface area contributed by atoms with E-state index in [1.807, 2.05) is 39.0 Å². The number of ether oxygens (including phenoxy) is 3. The lowest BCUT2D eigenvalue weighted by atomic mass is 10.1. The Morgan fingerprint density at radius 2 is 1.86 bits per heavy atom. The molecule has 8 nitrogen and oxygen atoms in total. The minimum Gasteiger partial charge on any atom is -0.493 e. The van der Waals surface area contributed by atoms with Gasteiger partial charge in [-0.05, 0) is 38.5 Å². The molecule has 28 heavy (non-hydrogen) atoms. The number of benzene rings is 1. The number of carbonyl (C=O) groups excluding carboxylic acids is 1. The van der Waals surface area contributed by atoms with E-state index >= 15 is 0 Å². The molecule has 0 bridgehead atoms. The van der Waals surface area contributed by atoms with Crippen molar-refractivity contribution in [2.75, 3.05) is 34.4 Å². The van der Waals surface area contributed by atoms with Crippen molar-refractivity contribution in [3.8, 4) is 11.5 Å². The monoisotopic (exact) mass is 506 g/mol. The molecule has 1 heterocycles. The van der Waals surface area contributed by atoms with Crippen molar-refractivity contribution in [3.05, 3.63) is 23.8 Å². The fraction of sp³-hybridized carbons (Fsp3) is 0.579. The summed E-state index contributed by atoms with van der Waals surface area (Å²) in [6.07, 6.45) is -0.283. The summed E-state index contributed by atoms with van der Waals surface area (Å²) in [6, 6.07) is 5.91. The first-order chi connectivity index (χ1) is 12.8. The Hall–Kier alpha value is -1.91. The number of rotatable bonds is 5. The minimum atomic E-state index is -0.480. The number of methoxy groups -OCH3 is 2. The molecule has 0 atom stereocenters. The van der Waals surface area contributed by atoms with E-state index in [4.69, 9.17) is 14.2 Å². The van der Waals surface area contributed by atoms with E-state index in [2.05, 4.69) is 15.6 Å². The van der Waals surface area contributed by atoms with E-state index in [0.29, 0.717) is 37.1 Å². The second-order valence-electron chi connectivity index (χ2n) is 7.34. The summed E-state index contributed by atoms with van der Waals surface area (Å²) in [6.45, 7) is 7.35. The number of guanidine groups is 1. The summed E-state index contributed by atoms with van der Waals surface area (Å²) in [7, 11) is 4.94. The van der Waals surface area contributed by atoms with Crippen molar-refractivity contribution in [3.63, 3.8) is 0 Å². The predicted molar refractivity (Wildman–Crippen MR) is 120 cm³/mol. The summed E-state index contributed by atoms with van der Waals surface area (Å²) in [5, 5.41) is 6.57. The maximum atomic E-state index is 12.0. The fourth-order valence-electron chi connectivity index (χ4n) is 2.61. The van der Waals surface area contributed by atoms with Gasteiger partial charge in [-0.15, -0.1) is 24.0 Å². The van der Waals surface area contributed by atoms with Crippen LogP contribution in [-0.2, 0) is 11.3 Å². The van der Waals surface area contributed by atoms with Gasteiger partial charge < -0.3 is 29.7 Å².